The Labute approximate surface area is 150 Å². The summed E-state index contributed by atoms with van der Waals surface area (Å²) in [7, 11) is 0.847. The van der Waals surface area contributed by atoms with E-state index < -0.39 is 10.8 Å². The van der Waals surface area contributed by atoms with Gasteiger partial charge in [0.1, 0.15) is 0 Å². The fourth-order valence-corrected chi connectivity index (χ4v) is 5.50. The number of benzene rings is 2. The first kappa shape index (κ1) is 16.4. The van der Waals surface area contributed by atoms with Crippen LogP contribution in [0.1, 0.15) is 17.5 Å². The van der Waals surface area contributed by atoms with Gasteiger partial charge in [0.2, 0.25) is 0 Å². The van der Waals surface area contributed by atoms with Crippen molar-refractivity contribution in [3.8, 4) is 0 Å². The number of hydrogen-bond donors (Lipinski definition) is 0. The van der Waals surface area contributed by atoms with Crippen LogP contribution >= 0.6 is 0 Å². The Morgan fingerprint density at radius 1 is 1.04 bits per heavy atom. The molecule has 3 nitrogen and oxygen atoms in total. The van der Waals surface area contributed by atoms with Gasteiger partial charge in [-0.1, -0.05) is 54.1 Å². The third-order valence-corrected chi connectivity index (χ3v) is 7.07. The molecule has 0 unspecified atom stereocenters. The summed E-state index contributed by atoms with van der Waals surface area (Å²) in [5, 5.41) is -0.0529. The highest BCUT2D eigenvalue weighted by atomic mass is 32.2. The largest absolute Gasteiger partial charge is 0.292 e. The molecule has 2 aromatic rings. The maximum absolute atomic E-state index is 13.1. The minimum atomic E-state index is -1.12. The molecule has 0 saturated carbocycles. The predicted molar refractivity (Wildman–Crippen MR) is 101 cm³/mol. The summed E-state index contributed by atoms with van der Waals surface area (Å²) in [6.45, 7) is 2.02. The van der Waals surface area contributed by atoms with Gasteiger partial charge >= 0.3 is 0 Å². The molecule has 2 aromatic carbocycles. The highest BCUT2D eigenvalue weighted by Gasteiger charge is 2.48. The molecule has 0 spiro atoms. The van der Waals surface area contributed by atoms with Gasteiger partial charge in [-0.15, -0.1) is 0 Å². The number of carbonyl (C=O) groups is 1. The van der Waals surface area contributed by atoms with Crippen LogP contribution in [0.25, 0.3) is 5.57 Å². The molecule has 2 aliphatic heterocycles. The normalized spacial score (nSPS) is 27.2. The highest BCUT2D eigenvalue weighted by Crippen LogP contribution is 2.38. The lowest BCUT2D eigenvalue weighted by Crippen LogP contribution is -2.42. The first-order valence-corrected chi connectivity index (χ1v) is 9.78. The monoisotopic (exact) mass is 351 g/mol. The molecule has 0 aliphatic carbocycles. The van der Waals surface area contributed by atoms with E-state index in [1.165, 1.54) is 0 Å². The smallest absolute Gasteiger partial charge is 0.180 e. The van der Waals surface area contributed by atoms with Gasteiger partial charge in [-0.2, -0.15) is 0 Å². The van der Waals surface area contributed by atoms with Gasteiger partial charge in [0.05, 0.1) is 22.1 Å². The minimum absolute atomic E-state index is 0.0278. The number of Topliss-reactive ketones (excluding diaryl/α,β-unsaturated/α-hetero) is 1. The Hall–Kier alpha value is -2.04. The van der Waals surface area contributed by atoms with Gasteiger partial charge in [-0.3, -0.25) is 13.9 Å². The van der Waals surface area contributed by atoms with Crippen LogP contribution in [-0.4, -0.2) is 39.3 Å². The Bertz CT molecular complexity index is 857. The number of hydrogen-bond acceptors (Lipinski definition) is 3. The molecule has 4 heteroatoms. The third-order valence-electron chi connectivity index (χ3n) is 5.32. The second kappa shape index (κ2) is 6.36. The van der Waals surface area contributed by atoms with Gasteiger partial charge in [-0.05, 0) is 38.1 Å². The van der Waals surface area contributed by atoms with E-state index in [0.29, 0.717) is 6.42 Å². The lowest BCUT2D eigenvalue weighted by Gasteiger charge is -2.30. The van der Waals surface area contributed by atoms with Crippen molar-refractivity contribution in [2.75, 3.05) is 7.05 Å². The van der Waals surface area contributed by atoms with Crippen molar-refractivity contribution in [1.82, 2.24) is 4.90 Å². The average Bonchev–Trinajstić information content (AvgIpc) is 2.86. The number of carbonyl (C=O) groups excluding carboxylic acids is 1. The van der Waals surface area contributed by atoms with Crippen LogP contribution in [0, 0.1) is 6.92 Å². The molecule has 0 N–H and O–H groups in total. The summed E-state index contributed by atoms with van der Waals surface area (Å²) < 4.78 is 13.1. The van der Waals surface area contributed by atoms with E-state index >= 15 is 0 Å². The fourth-order valence-electron chi connectivity index (χ4n) is 3.86. The molecule has 25 heavy (non-hydrogen) atoms. The van der Waals surface area contributed by atoms with Crippen LogP contribution in [0.3, 0.4) is 0 Å². The molecule has 0 radical (unpaired) electrons. The SMILES string of the molecule is Cc1ccc([S@](=O)[C@H]2C[C@H]3C(=O)C(c4ccccc4)=C[C@@H]2N3C)cc1. The minimum Gasteiger partial charge on any atom is -0.292 e. The maximum atomic E-state index is 13.1. The molecule has 4 atom stereocenters. The molecule has 2 heterocycles. The number of likely N-dealkylation sites (N-methyl/N-ethyl adjacent to an activating group) is 1. The quantitative estimate of drug-likeness (QED) is 0.852. The van der Waals surface area contributed by atoms with Gasteiger partial charge in [0, 0.05) is 16.5 Å². The number of rotatable bonds is 3. The number of nitrogens with zero attached hydrogens (tertiary/aromatic N) is 1. The van der Waals surface area contributed by atoms with Crippen molar-refractivity contribution in [3.63, 3.8) is 0 Å². The first-order valence-electron chi connectivity index (χ1n) is 8.57. The predicted octanol–water partition coefficient (Wildman–Crippen LogP) is 3.21. The van der Waals surface area contributed by atoms with Crippen LogP contribution in [0.5, 0.6) is 0 Å². The average molecular weight is 351 g/mol. The summed E-state index contributed by atoms with van der Waals surface area (Å²) in [6, 6.07) is 17.5. The maximum Gasteiger partial charge on any atom is 0.180 e. The number of ketones is 1. The summed E-state index contributed by atoms with van der Waals surface area (Å²) in [6.07, 6.45) is 2.67. The van der Waals surface area contributed by atoms with Crippen LogP contribution in [0.2, 0.25) is 0 Å². The molecule has 1 fully saturated rings. The zero-order valence-corrected chi connectivity index (χ0v) is 15.2. The van der Waals surface area contributed by atoms with Crippen molar-refractivity contribution in [2.24, 2.45) is 0 Å². The second-order valence-electron chi connectivity index (χ2n) is 6.87. The molecule has 128 valence electrons. The molecule has 0 aromatic heterocycles. The lowest BCUT2D eigenvalue weighted by molar-refractivity contribution is -0.118. The van der Waals surface area contributed by atoms with Crippen molar-refractivity contribution in [3.05, 3.63) is 71.8 Å². The first-order chi connectivity index (χ1) is 12.1. The van der Waals surface area contributed by atoms with Gasteiger partial charge in [0.25, 0.3) is 0 Å². The van der Waals surface area contributed by atoms with E-state index in [9.17, 15) is 9.00 Å². The Balaban J connectivity index is 1.69. The van der Waals surface area contributed by atoms with Crippen molar-refractivity contribution in [2.45, 2.75) is 35.6 Å². The Kier molecular flexibility index (Phi) is 4.18. The van der Waals surface area contributed by atoms with E-state index in [1.807, 2.05) is 74.6 Å². The van der Waals surface area contributed by atoms with E-state index in [4.69, 9.17) is 0 Å². The van der Waals surface area contributed by atoms with Gasteiger partial charge < -0.3 is 0 Å². The molecule has 0 amide bonds. The molecule has 2 bridgehead atoms. The van der Waals surface area contributed by atoms with Crippen molar-refractivity contribution in [1.29, 1.82) is 0 Å². The van der Waals surface area contributed by atoms with Gasteiger partial charge in [0.15, 0.2) is 5.78 Å². The van der Waals surface area contributed by atoms with E-state index in [2.05, 4.69) is 4.90 Å². The standard InChI is InChI=1S/C21H21NO2S/c1-14-8-10-16(11-9-14)25(24)20-13-19-21(23)17(12-18(20)22(19)2)15-6-4-3-5-7-15/h3-12,18-20H,13H2,1-2H3/t18-,19-,20-,25-/m0/s1. The molecule has 2 aliphatic rings. The molecule has 1 saturated heterocycles. The van der Waals surface area contributed by atoms with Crippen LogP contribution in [-0.2, 0) is 15.6 Å². The summed E-state index contributed by atoms with van der Waals surface area (Å²) in [4.78, 5) is 15.9. The van der Waals surface area contributed by atoms with E-state index in [0.717, 1.165) is 21.6 Å². The fraction of sp³-hybridized carbons (Fsp3) is 0.286. The molecule has 4 rings (SSSR count). The lowest BCUT2D eigenvalue weighted by atomic mass is 9.94. The zero-order valence-electron chi connectivity index (χ0n) is 14.4. The van der Waals surface area contributed by atoms with Crippen LogP contribution in [0.15, 0.2) is 65.6 Å². The van der Waals surface area contributed by atoms with E-state index in [1.54, 1.807) is 0 Å². The molecular weight excluding hydrogens is 330 g/mol. The Morgan fingerprint density at radius 3 is 2.40 bits per heavy atom. The highest BCUT2D eigenvalue weighted by molar-refractivity contribution is 7.85. The second-order valence-corrected chi connectivity index (χ2v) is 8.54. The van der Waals surface area contributed by atoms with Crippen molar-refractivity contribution < 1.29 is 9.00 Å². The third kappa shape index (κ3) is 2.79. The summed E-state index contributed by atoms with van der Waals surface area (Å²) in [5.41, 5.74) is 2.89. The van der Waals surface area contributed by atoms with E-state index in [-0.39, 0.29) is 23.1 Å². The number of fused-ring (bicyclic) bond motifs is 2. The van der Waals surface area contributed by atoms with Crippen LogP contribution in [0.4, 0.5) is 0 Å². The Morgan fingerprint density at radius 2 is 1.72 bits per heavy atom. The van der Waals surface area contributed by atoms with Crippen LogP contribution < -0.4 is 0 Å². The summed E-state index contributed by atoms with van der Waals surface area (Å²) in [5.74, 6) is 0.147. The zero-order chi connectivity index (χ0) is 17.6. The summed E-state index contributed by atoms with van der Waals surface area (Å²) >= 11 is 0. The van der Waals surface area contributed by atoms with Gasteiger partial charge in [-0.25, -0.2) is 0 Å². The van der Waals surface area contributed by atoms with Crippen molar-refractivity contribution >= 4 is 22.2 Å². The molecular formula is C21H21NO2S. The number of aryl methyl sites for hydroxylation is 1. The topological polar surface area (TPSA) is 37.4 Å².